The zero-order chi connectivity index (χ0) is 14.2. The van der Waals surface area contributed by atoms with Crippen LogP contribution in [-0.2, 0) is 6.42 Å². The number of para-hydroxylation sites is 1. The maximum absolute atomic E-state index is 9.06. The molecule has 2 N–H and O–H groups in total. The van der Waals surface area contributed by atoms with Crippen LogP contribution < -0.4 is 10.1 Å². The van der Waals surface area contributed by atoms with E-state index in [1.807, 2.05) is 24.3 Å². The van der Waals surface area contributed by atoms with Crippen molar-refractivity contribution in [2.45, 2.75) is 19.8 Å². The van der Waals surface area contributed by atoms with Gasteiger partial charge in [0.15, 0.2) is 0 Å². The van der Waals surface area contributed by atoms with E-state index in [1.54, 1.807) is 12.3 Å². The van der Waals surface area contributed by atoms with E-state index in [4.69, 9.17) is 9.84 Å². The fraction of sp³-hybridized carbons (Fsp3) is 0.333. The lowest BCUT2D eigenvalue weighted by atomic mass is 10.1. The molecule has 0 fully saturated rings. The molecule has 1 heterocycles. The minimum atomic E-state index is 0.0907. The third-order valence-corrected chi connectivity index (χ3v) is 2.73. The Labute approximate surface area is 118 Å². The first-order valence-electron chi connectivity index (χ1n) is 6.77. The van der Waals surface area contributed by atoms with Gasteiger partial charge in [0.25, 0.3) is 0 Å². The number of anilines is 1. The molecule has 1 aromatic heterocycles. The predicted octanol–water partition coefficient (Wildman–Crippen LogP) is 2.63. The van der Waals surface area contributed by atoms with Crippen molar-refractivity contribution in [3.05, 3.63) is 42.1 Å². The Bertz CT molecular complexity index is 546. The Morgan fingerprint density at radius 2 is 2.10 bits per heavy atom. The van der Waals surface area contributed by atoms with Gasteiger partial charge in [0.1, 0.15) is 5.75 Å². The van der Waals surface area contributed by atoms with Crippen LogP contribution >= 0.6 is 0 Å². The normalized spacial score (nSPS) is 10.3. The second-order valence-electron chi connectivity index (χ2n) is 4.33. The van der Waals surface area contributed by atoms with Crippen LogP contribution in [0.1, 0.15) is 18.9 Å². The van der Waals surface area contributed by atoms with Gasteiger partial charge in [0, 0.05) is 25.4 Å². The number of aromatic nitrogens is 2. The molecular weight excluding hydrogens is 254 g/mol. The van der Waals surface area contributed by atoms with Gasteiger partial charge in [-0.3, -0.25) is 0 Å². The van der Waals surface area contributed by atoms with E-state index in [2.05, 4.69) is 22.2 Å². The number of nitrogens with one attached hydrogen (secondary N) is 1. The Morgan fingerprint density at radius 1 is 1.25 bits per heavy atom. The summed E-state index contributed by atoms with van der Waals surface area (Å²) in [6.07, 6.45) is 3.23. The van der Waals surface area contributed by atoms with Gasteiger partial charge in [-0.15, -0.1) is 0 Å². The summed E-state index contributed by atoms with van der Waals surface area (Å²) in [5.41, 5.74) is 0.955. The van der Waals surface area contributed by atoms with Crippen molar-refractivity contribution in [3.63, 3.8) is 0 Å². The average molecular weight is 273 g/mol. The third kappa shape index (κ3) is 3.93. The lowest BCUT2D eigenvalue weighted by Gasteiger charge is -2.10. The van der Waals surface area contributed by atoms with E-state index in [-0.39, 0.29) is 6.61 Å². The molecule has 0 unspecified atom stereocenters. The quantitative estimate of drug-likeness (QED) is 0.811. The molecule has 2 aromatic rings. The number of aliphatic hydroxyl groups excluding tert-OH is 1. The van der Waals surface area contributed by atoms with Crippen LogP contribution in [0.4, 0.5) is 5.95 Å². The van der Waals surface area contributed by atoms with Gasteiger partial charge in [-0.2, -0.15) is 4.98 Å². The molecule has 0 aliphatic carbocycles. The molecule has 0 spiro atoms. The average Bonchev–Trinajstić information content (AvgIpc) is 2.48. The SMILES string of the molecule is CCCNc1nccc(Oc2ccccc2CCO)n1. The summed E-state index contributed by atoms with van der Waals surface area (Å²) in [6.45, 7) is 3.00. The largest absolute Gasteiger partial charge is 0.439 e. The van der Waals surface area contributed by atoms with E-state index in [0.29, 0.717) is 24.0 Å². The molecule has 0 amide bonds. The standard InChI is InChI=1S/C15H19N3O2/c1-2-9-16-15-17-10-7-14(18-15)20-13-6-4-3-5-12(13)8-11-19/h3-7,10,19H,2,8-9,11H2,1H3,(H,16,17,18). The first-order chi connectivity index (χ1) is 9.83. The summed E-state index contributed by atoms with van der Waals surface area (Å²) in [7, 11) is 0. The number of hydrogen-bond donors (Lipinski definition) is 2. The van der Waals surface area contributed by atoms with Crippen molar-refractivity contribution < 1.29 is 9.84 Å². The van der Waals surface area contributed by atoms with Crippen molar-refractivity contribution in [2.75, 3.05) is 18.5 Å². The second-order valence-corrected chi connectivity index (χ2v) is 4.33. The maximum atomic E-state index is 9.06. The van der Waals surface area contributed by atoms with Gasteiger partial charge in [-0.1, -0.05) is 25.1 Å². The molecular formula is C15H19N3O2. The molecule has 0 saturated carbocycles. The minimum absolute atomic E-state index is 0.0907. The van der Waals surface area contributed by atoms with Crippen molar-refractivity contribution in [1.82, 2.24) is 9.97 Å². The maximum Gasteiger partial charge on any atom is 0.225 e. The lowest BCUT2D eigenvalue weighted by Crippen LogP contribution is -2.04. The number of nitrogens with zero attached hydrogens (tertiary/aromatic N) is 2. The molecule has 0 aliphatic rings. The van der Waals surface area contributed by atoms with Crippen molar-refractivity contribution in [3.8, 4) is 11.6 Å². The molecule has 20 heavy (non-hydrogen) atoms. The second kappa shape index (κ2) is 7.45. The number of ether oxygens (including phenoxy) is 1. The van der Waals surface area contributed by atoms with Crippen LogP contribution in [-0.4, -0.2) is 28.2 Å². The highest BCUT2D eigenvalue weighted by atomic mass is 16.5. The molecule has 5 nitrogen and oxygen atoms in total. The van der Waals surface area contributed by atoms with Crippen LogP contribution in [0.3, 0.4) is 0 Å². The van der Waals surface area contributed by atoms with E-state index < -0.39 is 0 Å². The number of aliphatic hydroxyl groups is 1. The van der Waals surface area contributed by atoms with Crippen LogP contribution in [0.2, 0.25) is 0 Å². The summed E-state index contributed by atoms with van der Waals surface area (Å²) in [5.74, 6) is 1.76. The van der Waals surface area contributed by atoms with Crippen LogP contribution in [0.15, 0.2) is 36.5 Å². The molecule has 0 aliphatic heterocycles. The highest BCUT2D eigenvalue weighted by Crippen LogP contribution is 2.24. The summed E-state index contributed by atoms with van der Waals surface area (Å²) >= 11 is 0. The first kappa shape index (κ1) is 14.3. The Balaban J connectivity index is 2.13. The fourth-order valence-corrected chi connectivity index (χ4v) is 1.76. The smallest absolute Gasteiger partial charge is 0.225 e. The highest BCUT2D eigenvalue weighted by molar-refractivity contribution is 5.37. The van der Waals surface area contributed by atoms with Crippen LogP contribution in [0, 0.1) is 0 Å². The van der Waals surface area contributed by atoms with Crippen LogP contribution in [0.25, 0.3) is 0 Å². The van der Waals surface area contributed by atoms with Gasteiger partial charge in [-0.05, 0) is 24.5 Å². The summed E-state index contributed by atoms with van der Waals surface area (Å²) in [5, 5.41) is 12.2. The third-order valence-electron chi connectivity index (χ3n) is 2.73. The molecule has 2 rings (SSSR count). The topological polar surface area (TPSA) is 67.3 Å². The van der Waals surface area contributed by atoms with Gasteiger partial charge in [0.05, 0.1) is 0 Å². The number of hydrogen-bond acceptors (Lipinski definition) is 5. The predicted molar refractivity (Wildman–Crippen MR) is 78.1 cm³/mol. The molecule has 106 valence electrons. The number of benzene rings is 1. The molecule has 0 saturated heterocycles. The van der Waals surface area contributed by atoms with E-state index >= 15 is 0 Å². The summed E-state index contributed by atoms with van der Waals surface area (Å²) in [4.78, 5) is 8.43. The minimum Gasteiger partial charge on any atom is -0.439 e. The molecule has 1 aromatic carbocycles. The Kier molecular flexibility index (Phi) is 5.32. The van der Waals surface area contributed by atoms with Crippen molar-refractivity contribution >= 4 is 5.95 Å². The van der Waals surface area contributed by atoms with E-state index in [0.717, 1.165) is 18.5 Å². The van der Waals surface area contributed by atoms with Crippen molar-refractivity contribution in [1.29, 1.82) is 0 Å². The first-order valence-corrected chi connectivity index (χ1v) is 6.77. The van der Waals surface area contributed by atoms with Gasteiger partial charge in [-0.25, -0.2) is 4.98 Å². The monoisotopic (exact) mass is 273 g/mol. The fourth-order valence-electron chi connectivity index (χ4n) is 1.76. The lowest BCUT2D eigenvalue weighted by molar-refractivity contribution is 0.297. The molecule has 0 bridgehead atoms. The van der Waals surface area contributed by atoms with Gasteiger partial charge in [0.2, 0.25) is 11.8 Å². The molecule has 5 heteroatoms. The Morgan fingerprint density at radius 3 is 2.90 bits per heavy atom. The number of rotatable bonds is 7. The zero-order valence-electron chi connectivity index (χ0n) is 11.5. The summed E-state index contributed by atoms with van der Waals surface area (Å²) < 4.78 is 5.78. The Hall–Kier alpha value is -2.14. The van der Waals surface area contributed by atoms with Gasteiger partial charge >= 0.3 is 0 Å². The van der Waals surface area contributed by atoms with E-state index in [1.165, 1.54) is 0 Å². The highest BCUT2D eigenvalue weighted by Gasteiger charge is 2.06. The van der Waals surface area contributed by atoms with E-state index in [9.17, 15) is 0 Å². The summed E-state index contributed by atoms with van der Waals surface area (Å²) in [6, 6.07) is 9.34. The van der Waals surface area contributed by atoms with Gasteiger partial charge < -0.3 is 15.2 Å². The molecule has 0 atom stereocenters. The zero-order valence-corrected chi connectivity index (χ0v) is 11.5. The van der Waals surface area contributed by atoms with Crippen molar-refractivity contribution in [2.24, 2.45) is 0 Å². The molecule has 0 radical (unpaired) electrons. The van der Waals surface area contributed by atoms with Crippen LogP contribution in [0.5, 0.6) is 11.6 Å².